The molecule has 1 amide bonds. The molecule has 1 aliphatic rings. The van der Waals surface area contributed by atoms with Crippen LogP contribution in [0.2, 0.25) is 5.02 Å². The SMILES string of the molecule is COc1ccc(C#Cc2ccc(C(=O)N3CCC(O)(c4ccc(Cl)c(C(F)(F)F)c4)CC3)cc2)cc1. The van der Waals surface area contributed by atoms with Gasteiger partial charge >= 0.3 is 6.18 Å². The van der Waals surface area contributed by atoms with Gasteiger partial charge in [0.05, 0.1) is 23.3 Å². The Balaban J connectivity index is 1.40. The van der Waals surface area contributed by atoms with Gasteiger partial charge in [0.1, 0.15) is 5.75 Å². The summed E-state index contributed by atoms with van der Waals surface area (Å²) in [7, 11) is 1.60. The Kier molecular flexibility index (Phi) is 7.30. The number of piperidine rings is 1. The lowest BCUT2D eigenvalue weighted by molar-refractivity contribution is -0.137. The number of carbonyl (C=O) groups is 1. The van der Waals surface area contributed by atoms with Crippen molar-refractivity contribution in [1.29, 1.82) is 0 Å². The molecule has 0 saturated carbocycles. The summed E-state index contributed by atoms with van der Waals surface area (Å²) in [5.74, 6) is 6.65. The van der Waals surface area contributed by atoms with E-state index < -0.39 is 22.4 Å². The molecule has 1 aliphatic heterocycles. The van der Waals surface area contributed by atoms with Crippen molar-refractivity contribution in [3.63, 3.8) is 0 Å². The second kappa shape index (κ2) is 10.3. The Morgan fingerprint density at radius 3 is 2.06 bits per heavy atom. The standard InChI is InChI=1S/C28H23ClF3NO3/c1-36-23-11-6-20(7-12-23)3-2-19-4-8-21(9-5-19)26(34)33-16-14-27(35,15-17-33)22-10-13-25(29)24(18-22)28(30,31)32/h4-13,18,35H,14-17H2,1H3. The molecule has 0 unspecified atom stereocenters. The lowest BCUT2D eigenvalue weighted by atomic mass is 9.83. The van der Waals surface area contributed by atoms with Crippen LogP contribution in [0.15, 0.2) is 66.7 Å². The second-order valence-electron chi connectivity index (χ2n) is 8.57. The molecule has 8 heteroatoms. The van der Waals surface area contributed by atoms with E-state index in [2.05, 4.69) is 11.8 Å². The Morgan fingerprint density at radius 1 is 0.972 bits per heavy atom. The summed E-state index contributed by atoms with van der Waals surface area (Å²) in [4.78, 5) is 14.5. The van der Waals surface area contributed by atoms with E-state index in [1.807, 2.05) is 24.3 Å². The predicted molar refractivity (Wildman–Crippen MR) is 131 cm³/mol. The van der Waals surface area contributed by atoms with Crippen LogP contribution in [0, 0.1) is 11.8 Å². The lowest BCUT2D eigenvalue weighted by Crippen LogP contribution is -2.45. The quantitative estimate of drug-likeness (QED) is 0.444. The second-order valence-corrected chi connectivity index (χ2v) is 8.98. The van der Waals surface area contributed by atoms with E-state index >= 15 is 0 Å². The maximum atomic E-state index is 13.2. The Labute approximate surface area is 212 Å². The van der Waals surface area contributed by atoms with Crippen molar-refractivity contribution in [3.05, 3.63) is 99.6 Å². The van der Waals surface area contributed by atoms with E-state index in [4.69, 9.17) is 16.3 Å². The first-order chi connectivity index (χ1) is 17.1. The van der Waals surface area contributed by atoms with Crippen molar-refractivity contribution in [3.8, 4) is 17.6 Å². The number of benzene rings is 3. The summed E-state index contributed by atoms with van der Waals surface area (Å²) in [5.41, 5.74) is -0.253. The van der Waals surface area contributed by atoms with Crippen LogP contribution < -0.4 is 4.74 Å². The number of nitrogens with zero attached hydrogens (tertiary/aromatic N) is 1. The van der Waals surface area contributed by atoms with Gasteiger partial charge in [0.25, 0.3) is 5.91 Å². The van der Waals surface area contributed by atoms with Crippen LogP contribution in [0.1, 0.15) is 45.5 Å². The molecule has 4 nitrogen and oxygen atoms in total. The summed E-state index contributed by atoms with van der Waals surface area (Å²) in [6, 6.07) is 17.7. The van der Waals surface area contributed by atoms with Gasteiger partial charge in [-0.2, -0.15) is 13.2 Å². The average molecular weight is 514 g/mol. The fourth-order valence-electron chi connectivity index (χ4n) is 4.10. The van der Waals surface area contributed by atoms with Crippen molar-refractivity contribution in [2.24, 2.45) is 0 Å². The van der Waals surface area contributed by atoms with Crippen LogP contribution in [0.25, 0.3) is 0 Å². The Morgan fingerprint density at radius 2 is 1.53 bits per heavy atom. The number of likely N-dealkylation sites (tertiary alicyclic amines) is 1. The highest BCUT2D eigenvalue weighted by molar-refractivity contribution is 6.31. The van der Waals surface area contributed by atoms with Gasteiger partial charge in [0.15, 0.2) is 0 Å². The van der Waals surface area contributed by atoms with E-state index in [0.717, 1.165) is 29.0 Å². The molecule has 0 radical (unpaired) electrons. The minimum Gasteiger partial charge on any atom is -0.497 e. The maximum absolute atomic E-state index is 13.2. The van der Waals surface area contributed by atoms with Gasteiger partial charge in [-0.1, -0.05) is 29.5 Å². The number of alkyl halides is 3. The average Bonchev–Trinajstić information content (AvgIpc) is 2.87. The van der Waals surface area contributed by atoms with Gasteiger partial charge in [0.2, 0.25) is 0 Å². The van der Waals surface area contributed by atoms with Crippen molar-refractivity contribution in [1.82, 2.24) is 4.90 Å². The van der Waals surface area contributed by atoms with Gasteiger partial charge in [-0.25, -0.2) is 0 Å². The highest BCUT2D eigenvalue weighted by Gasteiger charge is 2.39. The molecule has 1 saturated heterocycles. The molecule has 0 aromatic heterocycles. The van der Waals surface area contributed by atoms with Crippen LogP contribution in [0.5, 0.6) is 5.75 Å². The monoisotopic (exact) mass is 513 g/mol. The first-order valence-electron chi connectivity index (χ1n) is 11.2. The molecule has 0 atom stereocenters. The molecular weight excluding hydrogens is 491 g/mol. The fraction of sp³-hybridized carbons (Fsp3) is 0.250. The summed E-state index contributed by atoms with van der Waals surface area (Å²) < 4.78 is 44.8. The van der Waals surface area contributed by atoms with E-state index in [1.165, 1.54) is 6.07 Å². The molecule has 4 rings (SSSR count). The van der Waals surface area contributed by atoms with Crippen molar-refractivity contribution < 1.29 is 27.8 Å². The lowest BCUT2D eigenvalue weighted by Gasteiger charge is -2.39. The predicted octanol–water partition coefficient (Wildman–Crippen LogP) is 5.89. The minimum absolute atomic E-state index is 0.114. The Bertz CT molecular complexity index is 1300. The number of aliphatic hydroxyl groups is 1. The largest absolute Gasteiger partial charge is 0.497 e. The minimum atomic E-state index is -4.62. The van der Waals surface area contributed by atoms with Gasteiger partial charge in [-0.15, -0.1) is 0 Å². The van der Waals surface area contributed by atoms with E-state index in [0.29, 0.717) is 5.56 Å². The number of hydrogen-bond donors (Lipinski definition) is 1. The number of methoxy groups -OCH3 is 1. The molecule has 36 heavy (non-hydrogen) atoms. The molecule has 1 heterocycles. The normalized spacial score (nSPS) is 15.1. The van der Waals surface area contributed by atoms with Gasteiger partial charge in [-0.05, 0) is 79.1 Å². The zero-order valence-electron chi connectivity index (χ0n) is 19.4. The highest BCUT2D eigenvalue weighted by atomic mass is 35.5. The van der Waals surface area contributed by atoms with Crippen molar-refractivity contribution in [2.45, 2.75) is 24.6 Å². The van der Waals surface area contributed by atoms with Crippen LogP contribution in [-0.4, -0.2) is 36.1 Å². The molecule has 0 spiro atoms. The highest BCUT2D eigenvalue weighted by Crippen LogP contribution is 2.40. The summed E-state index contributed by atoms with van der Waals surface area (Å²) in [6.45, 7) is 0.413. The smallest absolute Gasteiger partial charge is 0.417 e. The molecule has 3 aromatic rings. The third-order valence-corrected chi connectivity index (χ3v) is 6.59. The van der Waals surface area contributed by atoms with Crippen molar-refractivity contribution in [2.75, 3.05) is 20.2 Å². The number of hydrogen-bond acceptors (Lipinski definition) is 3. The Hall–Kier alpha value is -3.47. The molecular formula is C28H23ClF3NO3. The van der Waals surface area contributed by atoms with Crippen LogP contribution in [0.4, 0.5) is 13.2 Å². The first kappa shape index (κ1) is 25.6. The number of ether oxygens (including phenoxy) is 1. The zero-order valence-corrected chi connectivity index (χ0v) is 20.2. The van der Waals surface area contributed by atoms with Gasteiger partial charge in [-0.3, -0.25) is 4.79 Å². The molecule has 1 fully saturated rings. The summed E-state index contributed by atoms with van der Waals surface area (Å²) in [6.07, 6.45) is -4.39. The third-order valence-electron chi connectivity index (χ3n) is 6.26. The maximum Gasteiger partial charge on any atom is 0.417 e. The topological polar surface area (TPSA) is 49.8 Å². The molecule has 1 N–H and O–H groups in total. The number of halogens is 4. The van der Waals surface area contributed by atoms with Gasteiger partial charge in [0, 0.05) is 29.8 Å². The van der Waals surface area contributed by atoms with Gasteiger partial charge < -0.3 is 14.7 Å². The molecule has 186 valence electrons. The van der Waals surface area contributed by atoms with Crippen LogP contribution in [-0.2, 0) is 11.8 Å². The third kappa shape index (κ3) is 5.67. The zero-order chi connectivity index (χ0) is 25.9. The van der Waals surface area contributed by atoms with Crippen molar-refractivity contribution >= 4 is 17.5 Å². The summed E-state index contributed by atoms with van der Waals surface area (Å²) in [5, 5.41) is 10.6. The fourth-order valence-corrected chi connectivity index (χ4v) is 4.32. The van der Waals surface area contributed by atoms with E-state index in [1.54, 1.807) is 36.3 Å². The van der Waals surface area contributed by atoms with Crippen LogP contribution in [0.3, 0.4) is 0 Å². The van der Waals surface area contributed by atoms with Crippen LogP contribution >= 0.6 is 11.6 Å². The number of rotatable bonds is 3. The number of carbonyl (C=O) groups excluding carboxylic acids is 1. The number of amides is 1. The van der Waals surface area contributed by atoms with E-state index in [-0.39, 0.29) is 37.4 Å². The molecule has 0 aliphatic carbocycles. The molecule has 3 aromatic carbocycles. The molecule has 0 bridgehead atoms. The van der Waals surface area contributed by atoms with E-state index in [9.17, 15) is 23.1 Å². The summed E-state index contributed by atoms with van der Waals surface area (Å²) >= 11 is 5.70. The first-order valence-corrected chi connectivity index (χ1v) is 11.6.